The van der Waals surface area contributed by atoms with Crippen molar-refractivity contribution in [3.05, 3.63) is 65.3 Å². The third kappa shape index (κ3) is 4.26. The van der Waals surface area contributed by atoms with Crippen LogP contribution in [-0.4, -0.2) is 18.2 Å². The molecule has 21 heavy (non-hydrogen) atoms. The van der Waals surface area contributed by atoms with Gasteiger partial charge in [0.25, 0.3) is 0 Å². The molecule has 0 heterocycles. The van der Waals surface area contributed by atoms with Crippen molar-refractivity contribution in [3.8, 4) is 5.75 Å². The molecule has 0 fully saturated rings. The van der Waals surface area contributed by atoms with Crippen LogP contribution in [-0.2, 0) is 0 Å². The number of hydrogen-bond donors (Lipinski definition) is 2. The van der Waals surface area contributed by atoms with Crippen molar-refractivity contribution >= 4 is 29.4 Å². The minimum atomic E-state index is -0.272. The summed E-state index contributed by atoms with van der Waals surface area (Å²) < 4.78 is 0. The van der Waals surface area contributed by atoms with Gasteiger partial charge in [0.1, 0.15) is 5.75 Å². The SMILES string of the molecule is CN(C(=O)N/C=C/c1ccc(Cl)cc1)c1ccc(O)cc1. The van der Waals surface area contributed by atoms with Crippen molar-refractivity contribution < 1.29 is 9.90 Å². The van der Waals surface area contributed by atoms with E-state index in [-0.39, 0.29) is 11.8 Å². The second-order valence-electron chi connectivity index (χ2n) is 4.41. The van der Waals surface area contributed by atoms with Gasteiger partial charge in [0, 0.05) is 24.0 Å². The monoisotopic (exact) mass is 302 g/mol. The van der Waals surface area contributed by atoms with Crippen LogP contribution in [0, 0.1) is 0 Å². The number of rotatable bonds is 3. The fourth-order valence-corrected chi connectivity index (χ4v) is 1.80. The quantitative estimate of drug-likeness (QED) is 0.904. The Labute approximate surface area is 128 Å². The van der Waals surface area contributed by atoms with Crippen LogP contribution in [0.3, 0.4) is 0 Å². The lowest BCUT2D eigenvalue weighted by Gasteiger charge is -2.16. The van der Waals surface area contributed by atoms with Crippen LogP contribution in [0.1, 0.15) is 5.56 Å². The molecule has 0 radical (unpaired) electrons. The number of nitrogens with zero attached hydrogens (tertiary/aromatic N) is 1. The zero-order valence-electron chi connectivity index (χ0n) is 11.5. The number of nitrogens with one attached hydrogen (secondary N) is 1. The molecule has 0 aliphatic heterocycles. The number of aromatic hydroxyl groups is 1. The van der Waals surface area contributed by atoms with Gasteiger partial charge >= 0.3 is 6.03 Å². The van der Waals surface area contributed by atoms with Crippen molar-refractivity contribution in [2.24, 2.45) is 0 Å². The summed E-state index contributed by atoms with van der Waals surface area (Å²) >= 11 is 5.80. The molecule has 2 N–H and O–H groups in total. The number of phenols is 1. The highest BCUT2D eigenvalue weighted by Crippen LogP contribution is 2.17. The first kappa shape index (κ1) is 14.9. The van der Waals surface area contributed by atoms with Gasteiger partial charge in [-0.25, -0.2) is 4.79 Å². The molecule has 4 nitrogen and oxygen atoms in total. The third-order valence-corrected chi connectivity index (χ3v) is 3.15. The van der Waals surface area contributed by atoms with Gasteiger partial charge in [-0.05, 0) is 48.0 Å². The zero-order chi connectivity index (χ0) is 15.2. The smallest absolute Gasteiger partial charge is 0.325 e. The second kappa shape index (κ2) is 6.81. The Morgan fingerprint density at radius 1 is 1.14 bits per heavy atom. The van der Waals surface area contributed by atoms with E-state index in [0.717, 1.165) is 5.56 Å². The standard InChI is InChI=1S/C16H15ClN2O2/c1-19(14-6-8-15(20)9-7-14)16(21)18-11-10-12-2-4-13(17)5-3-12/h2-11,20H,1H3,(H,18,21)/b11-10+. The molecule has 108 valence electrons. The first-order valence-corrected chi connectivity index (χ1v) is 6.69. The van der Waals surface area contributed by atoms with Crippen LogP contribution in [0.25, 0.3) is 6.08 Å². The number of amides is 2. The van der Waals surface area contributed by atoms with E-state index < -0.39 is 0 Å². The van der Waals surface area contributed by atoms with Gasteiger partial charge in [-0.3, -0.25) is 4.90 Å². The van der Waals surface area contributed by atoms with Crippen molar-refractivity contribution in [3.63, 3.8) is 0 Å². The number of carbonyl (C=O) groups excluding carboxylic acids is 1. The molecular formula is C16H15ClN2O2. The second-order valence-corrected chi connectivity index (χ2v) is 4.85. The molecule has 5 heteroatoms. The van der Waals surface area contributed by atoms with Gasteiger partial charge in [-0.2, -0.15) is 0 Å². The van der Waals surface area contributed by atoms with Gasteiger partial charge in [0.05, 0.1) is 0 Å². The van der Waals surface area contributed by atoms with E-state index in [2.05, 4.69) is 5.32 Å². The van der Waals surface area contributed by atoms with Crippen LogP contribution in [0.15, 0.2) is 54.7 Å². The lowest BCUT2D eigenvalue weighted by Crippen LogP contribution is -2.34. The van der Waals surface area contributed by atoms with Crippen molar-refractivity contribution in [1.29, 1.82) is 0 Å². The fraction of sp³-hybridized carbons (Fsp3) is 0.0625. The molecule has 2 aromatic rings. The molecule has 2 aromatic carbocycles. The molecule has 0 bridgehead atoms. The molecule has 0 saturated carbocycles. The molecule has 2 amide bonds. The van der Waals surface area contributed by atoms with E-state index in [9.17, 15) is 9.90 Å². The van der Waals surface area contributed by atoms with Crippen molar-refractivity contribution in [2.45, 2.75) is 0 Å². The first-order valence-electron chi connectivity index (χ1n) is 6.31. The number of anilines is 1. The highest BCUT2D eigenvalue weighted by Gasteiger charge is 2.08. The number of urea groups is 1. The Kier molecular flexibility index (Phi) is 4.85. The van der Waals surface area contributed by atoms with Crippen molar-refractivity contribution in [2.75, 3.05) is 11.9 Å². The summed E-state index contributed by atoms with van der Waals surface area (Å²) in [6.45, 7) is 0. The molecule has 0 aromatic heterocycles. The van der Waals surface area contributed by atoms with Crippen LogP contribution in [0.5, 0.6) is 5.75 Å². The molecule has 0 atom stereocenters. The maximum absolute atomic E-state index is 12.0. The summed E-state index contributed by atoms with van der Waals surface area (Å²) in [6.07, 6.45) is 3.35. The lowest BCUT2D eigenvalue weighted by atomic mass is 10.2. The highest BCUT2D eigenvalue weighted by molar-refractivity contribution is 6.30. The molecule has 0 unspecified atom stereocenters. The van der Waals surface area contributed by atoms with Gasteiger partial charge in [0.2, 0.25) is 0 Å². The van der Waals surface area contributed by atoms with Gasteiger partial charge < -0.3 is 10.4 Å². The van der Waals surface area contributed by atoms with E-state index in [1.54, 1.807) is 43.6 Å². The predicted octanol–water partition coefficient (Wildman–Crippen LogP) is 3.86. The average Bonchev–Trinajstić information content (AvgIpc) is 2.49. The maximum Gasteiger partial charge on any atom is 0.325 e. The third-order valence-electron chi connectivity index (χ3n) is 2.89. The molecular weight excluding hydrogens is 288 g/mol. The Hall–Kier alpha value is -2.46. The van der Waals surface area contributed by atoms with E-state index in [4.69, 9.17) is 11.6 Å². The zero-order valence-corrected chi connectivity index (χ0v) is 12.2. The Morgan fingerprint density at radius 3 is 2.38 bits per heavy atom. The number of halogens is 1. The molecule has 0 spiro atoms. The predicted molar refractivity (Wildman–Crippen MR) is 85.5 cm³/mol. The van der Waals surface area contributed by atoms with Crippen LogP contribution in [0.4, 0.5) is 10.5 Å². The van der Waals surface area contributed by atoms with Crippen LogP contribution in [0.2, 0.25) is 5.02 Å². The van der Waals surface area contributed by atoms with E-state index in [1.807, 2.05) is 12.1 Å². The summed E-state index contributed by atoms with van der Waals surface area (Å²) in [5, 5.41) is 12.6. The Balaban J connectivity index is 1.94. The largest absolute Gasteiger partial charge is 0.508 e. The molecule has 0 saturated heterocycles. The molecule has 2 rings (SSSR count). The number of hydrogen-bond acceptors (Lipinski definition) is 2. The fourth-order valence-electron chi connectivity index (χ4n) is 1.67. The number of phenolic OH excluding ortho intramolecular Hbond substituents is 1. The van der Waals surface area contributed by atoms with Gasteiger partial charge in [-0.15, -0.1) is 0 Å². The first-order chi connectivity index (χ1) is 10.1. The van der Waals surface area contributed by atoms with Crippen LogP contribution < -0.4 is 10.2 Å². The number of carbonyl (C=O) groups is 1. The summed E-state index contributed by atoms with van der Waals surface area (Å²) in [6, 6.07) is 13.4. The minimum Gasteiger partial charge on any atom is -0.508 e. The topological polar surface area (TPSA) is 52.6 Å². The Bertz CT molecular complexity index is 636. The molecule has 0 aliphatic rings. The lowest BCUT2D eigenvalue weighted by molar-refractivity contribution is 0.250. The number of benzene rings is 2. The van der Waals surface area contributed by atoms with Crippen LogP contribution >= 0.6 is 11.6 Å². The normalized spacial score (nSPS) is 10.6. The highest BCUT2D eigenvalue weighted by atomic mass is 35.5. The summed E-state index contributed by atoms with van der Waals surface area (Å²) in [4.78, 5) is 13.4. The Morgan fingerprint density at radius 2 is 1.76 bits per heavy atom. The average molecular weight is 303 g/mol. The maximum atomic E-state index is 12.0. The van der Waals surface area contributed by atoms with E-state index in [1.165, 1.54) is 17.0 Å². The minimum absolute atomic E-state index is 0.162. The summed E-state index contributed by atoms with van der Waals surface area (Å²) in [7, 11) is 1.65. The van der Waals surface area contributed by atoms with E-state index in [0.29, 0.717) is 10.7 Å². The van der Waals surface area contributed by atoms with Gasteiger partial charge in [0.15, 0.2) is 0 Å². The van der Waals surface area contributed by atoms with Crippen molar-refractivity contribution in [1.82, 2.24) is 5.32 Å². The van der Waals surface area contributed by atoms with E-state index >= 15 is 0 Å². The molecule has 0 aliphatic carbocycles. The van der Waals surface area contributed by atoms with Gasteiger partial charge in [-0.1, -0.05) is 23.7 Å². The summed E-state index contributed by atoms with van der Waals surface area (Å²) in [5.74, 6) is 0.162. The summed E-state index contributed by atoms with van der Waals surface area (Å²) in [5.41, 5.74) is 1.62.